The van der Waals surface area contributed by atoms with Gasteiger partial charge in [-0.05, 0) is 24.2 Å². The van der Waals surface area contributed by atoms with Crippen molar-refractivity contribution >= 4 is 0 Å². The first-order valence-electron chi connectivity index (χ1n) is 4.31. The molecule has 2 atom stereocenters. The second-order valence-corrected chi connectivity index (χ2v) is 4.40. The lowest BCUT2D eigenvalue weighted by Gasteiger charge is -2.39. The number of aliphatic hydroxyl groups excluding tert-OH is 1. The van der Waals surface area contributed by atoms with Gasteiger partial charge in [0.25, 0.3) is 0 Å². The molecule has 1 aliphatic rings. The topological polar surface area (TPSA) is 20.2 Å². The van der Waals surface area contributed by atoms with Gasteiger partial charge in [0.2, 0.25) is 0 Å². The molecule has 64 valence electrons. The summed E-state index contributed by atoms with van der Waals surface area (Å²) in [5.41, 5.74) is 1.43. The molecule has 1 aliphatic carbocycles. The van der Waals surface area contributed by atoms with Gasteiger partial charge in [0, 0.05) is 0 Å². The monoisotopic (exact) mass is 154 g/mol. The molecule has 0 radical (unpaired) electrons. The molecule has 0 spiro atoms. The van der Waals surface area contributed by atoms with Crippen LogP contribution in [0.5, 0.6) is 0 Å². The molecule has 1 rings (SSSR count). The van der Waals surface area contributed by atoms with Crippen molar-refractivity contribution in [2.45, 2.75) is 39.7 Å². The largest absolute Gasteiger partial charge is 0.393 e. The molecule has 0 aromatic heterocycles. The highest BCUT2D eigenvalue weighted by atomic mass is 16.3. The van der Waals surface area contributed by atoms with Crippen molar-refractivity contribution in [3.8, 4) is 0 Å². The highest BCUT2D eigenvalue weighted by molar-refractivity contribution is 5.14. The fraction of sp³-hybridized carbons (Fsp3) is 0.800. The quantitative estimate of drug-likeness (QED) is 0.531. The third-order valence-electron chi connectivity index (χ3n) is 2.84. The summed E-state index contributed by atoms with van der Waals surface area (Å²) in [7, 11) is 0. The van der Waals surface area contributed by atoms with Gasteiger partial charge in [-0.3, -0.25) is 0 Å². The maximum atomic E-state index is 9.49. The molecule has 1 nitrogen and oxygen atoms in total. The van der Waals surface area contributed by atoms with Crippen LogP contribution >= 0.6 is 0 Å². The standard InChI is InChI=1S/C10H18O/c1-7-5-9(11)6-10(3,4)8(7)2/h7,9,11H,2,5-6H2,1,3-4H3/t7?,9-/m1/s1. The Labute approximate surface area is 69.1 Å². The van der Waals surface area contributed by atoms with Crippen LogP contribution in [-0.2, 0) is 0 Å². The summed E-state index contributed by atoms with van der Waals surface area (Å²) in [4.78, 5) is 0. The Balaban J connectivity index is 2.75. The minimum atomic E-state index is -0.120. The Morgan fingerprint density at radius 3 is 2.55 bits per heavy atom. The molecule has 0 heterocycles. The van der Waals surface area contributed by atoms with E-state index >= 15 is 0 Å². The average Bonchev–Trinajstić information content (AvgIpc) is 1.81. The first-order chi connectivity index (χ1) is 4.93. The van der Waals surface area contributed by atoms with E-state index in [1.165, 1.54) is 5.57 Å². The summed E-state index contributed by atoms with van der Waals surface area (Å²) >= 11 is 0. The van der Waals surface area contributed by atoms with Crippen LogP contribution < -0.4 is 0 Å². The van der Waals surface area contributed by atoms with Crippen LogP contribution in [-0.4, -0.2) is 11.2 Å². The van der Waals surface area contributed by atoms with Gasteiger partial charge in [0.05, 0.1) is 6.10 Å². The van der Waals surface area contributed by atoms with Crippen LogP contribution in [0.2, 0.25) is 0 Å². The van der Waals surface area contributed by atoms with Gasteiger partial charge in [-0.2, -0.15) is 0 Å². The third kappa shape index (κ3) is 1.64. The molecule has 1 fully saturated rings. The Kier molecular flexibility index (Phi) is 2.10. The van der Waals surface area contributed by atoms with Gasteiger partial charge in [-0.15, -0.1) is 0 Å². The summed E-state index contributed by atoms with van der Waals surface area (Å²) in [5, 5.41) is 9.49. The van der Waals surface area contributed by atoms with Crippen molar-refractivity contribution in [2.75, 3.05) is 0 Å². The Hall–Kier alpha value is -0.300. The molecule has 0 aromatic carbocycles. The zero-order valence-electron chi connectivity index (χ0n) is 7.72. The number of hydrogen-bond donors (Lipinski definition) is 1. The third-order valence-corrected chi connectivity index (χ3v) is 2.84. The highest BCUT2D eigenvalue weighted by Crippen LogP contribution is 2.42. The van der Waals surface area contributed by atoms with Crippen molar-refractivity contribution in [2.24, 2.45) is 11.3 Å². The van der Waals surface area contributed by atoms with E-state index in [-0.39, 0.29) is 11.5 Å². The van der Waals surface area contributed by atoms with E-state index in [1.54, 1.807) is 0 Å². The molecule has 0 bridgehead atoms. The second kappa shape index (κ2) is 2.63. The first-order valence-corrected chi connectivity index (χ1v) is 4.31. The number of hydrogen-bond acceptors (Lipinski definition) is 1. The average molecular weight is 154 g/mol. The van der Waals surface area contributed by atoms with Crippen molar-refractivity contribution in [3.05, 3.63) is 12.2 Å². The van der Waals surface area contributed by atoms with Gasteiger partial charge >= 0.3 is 0 Å². The zero-order valence-corrected chi connectivity index (χ0v) is 7.72. The number of aliphatic hydroxyl groups is 1. The summed E-state index contributed by atoms with van der Waals surface area (Å²) in [5.74, 6) is 0.480. The van der Waals surface area contributed by atoms with E-state index in [0.29, 0.717) is 5.92 Å². The van der Waals surface area contributed by atoms with E-state index in [4.69, 9.17) is 0 Å². The van der Waals surface area contributed by atoms with Crippen molar-refractivity contribution in [3.63, 3.8) is 0 Å². The molecule has 1 N–H and O–H groups in total. The van der Waals surface area contributed by atoms with Crippen LogP contribution in [0.4, 0.5) is 0 Å². The van der Waals surface area contributed by atoms with E-state index in [9.17, 15) is 5.11 Å². The Morgan fingerprint density at radius 2 is 2.09 bits per heavy atom. The maximum absolute atomic E-state index is 9.49. The summed E-state index contributed by atoms with van der Waals surface area (Å²) in [6.07, 6.45) is 1.64. The van der Waals surface area contributed by atoms with Gasteiger partial charge in [-0.25, -0.2) is 0 Å². The molecule has 0 saturated heterocycles. The van der Waals surface area contributed by atoms with Gasteiger partial charge in [-0.1, -0.05) is 32.9 Å². The Morgan fingerprint density at radius 1 is 1.55 bits per heavy atom. The fourth-order valence-corrected chi connectivity index (χ4v) is 2.02. The summed E-state index contributed by atoms with van der Waals surface area (Å²) in [6.45, 7) is 10.5. The van der Waals surface area contributed by atoms with Crippen molar-refractivity contribution < 1.29 is 5.11 Å². The number of allylic oxidation sites excluding steroid dienone is 1. The fourth-order valence-electron chi connectivity index (χ4n) is 2.02. The van der Waals surface area contributed by atoms with Crippen LogP contribution in [0.1, 0.15) is 33.6 Å². The normalized spacial score (nSPS) is 37.3. The van der Waals surface area contributed by atoms with E-state index in [2.05, 4.69) is 27.4 Å². The van der Waals surface area contributed by atoms with Crippen LogP contribution in [0.3, 0.4) is 0 Å². The van der Waals surface area contributed by atoms with E-state index in [1.807, 2.05) is 0 Å². The molecule has 0 aliphatic heterocycles. The predicted molar refractivity (Wildman–Crippen MR) is 47.3 cm³/mol. The minimum Gasteiger partial charge on any atom is -0.393 e. The number of rotatable bonds is 0. The van der Waals surface area contributed by atoms with Crippen molar-refractivity contribution in [1.82, 2.24) is 0 Å². The molecule has 0 amide bonds. The minimum absolute atomic E-state index is 0.120. The van der Waals surface area contributed by atoms with Crippen LogP contribution in [0, 0.1) is 11.3 Å². The molecule has 1 heteroatoms. The predicted octanol–water partition coefficient (Wildman–Crippen LogP) is 2.36. The second-order valence-electron chi connectivity index (χ2n) is 4.40. The van der Waals surface area contributed by atoms with E-state index in [0.717, 1.165) is 12.8 Å². The Bertz CT molecular complexity index is 170. The molecule has 1 saturated carbocycles. The summed E-state index contributed by atoms with van der Waals surface area (Å²) in [6, 6.07) is 0. The SMILES string of the molecule is C=C1C(C)C[C@@H](O)CC1(C)C. The van der Waals surface area contributed by atoms with Crippen LogP contribution in [0.15, 0.2) is 12.2 Å². The maximum Gasteiger partial charge on any atom is 0.0554 e. The lowest BCUT2D eigenvalue weighted by atomic mass is 9.68. The highest BCUT2D eigenvalue weighted by Gasteiger charge is 2.34. The smallest absolute Gasteiger partial charge is 0.0554 e. The van der Waals surface area contributed by atoms with Crippen molar-refractivity contribution in [1.29, 1.82) is 0 Å². The molecule has 1 unspecified atom stereocenters. The van der Waals surface area contributed by atoms with E-state index < -0.39 is 0 Å². The molecule has 0 aromatic rings. The molecular formula is C10H18O. The van der Waals surface area contributed by atoms with Gasteiger partial charge < -0.3 is 5.11 Å². The molecule has 11 heavy (non-hydrogen) atoms. The molecular weight excluding hydrogens is 136 g/mol. The lowest BCUT2D eigenvalue weighted by molar-refractivity contribution is 0.0773. The first kappa shape index (κ1) is 8.79. The van der Waals surface area contributed by atoms with Crippen LogP contribution in [0.25, 0.3) is 0 Å². The summed E-state index contributed by atoms with van der Waals surface area (Å²) < 4.78 is 0. The lowest BCUT2D eigenvalue weighted by Crippen LogP contribution is -2.32. The zero-order chi connectivity index (χ0) is 8.65. The van der Waals surface area contributed by atoms with Gasteiger partial charge in [0.1, 0.15) is 0 Å². The van der Waals surface area contributed by atoms with Gasteiger partial charge in [0.15, 0.2) is 0 Å².